The molecule has 0 saturated heterocycles. The molecule has 2 aromatic rings. The number of hydrogen-bond donors (Lipinski definition) is 1. The smallest absolute Gasteiger partial charge is 0.270 e. The summed E-state index contributed by atoms with van der Waals surface area (Å²) >= 11 is 5.75. The van der Waals surface area contributed by atoms with Gasteiger partial charge in [-0.05, 0) is 18.2 Å². The number of hydrogen-bond acceptors (Lipinski definition) is 3. The molecule has 0 bridgehead atoms. The number of nitrogens with zero attached hydrogens (tertiary/aromatic N) is 2. The van der Waals surface area contributed by atoms with E-state index < -0.39 is 11.5 Å². The number of amides is 1. The highest BCUT2D eigenvalue weighted by Gasteiger charge is 2.14. The Balaban J connectivity index is 2.71. The molecule has 0 aliphatic carbocycles. The molecule has 0 radical (unpaired) electrons. The molecule has 5 nitrogen and oxygen atoms in total. The van der Waals surface area contributed by atoms with Gasteiger partial charge in [0.25, 0.3) is 11.5 Å². The summed E-state index contributed by atoms with van der Waals surface area (Å²) in [6.45, 7) is 0. The monoisotopic (exact) mass is 249 g/mol. The number of carbonyl (C=O) groups is 1. The maximum absolute atomic E-state index is 12.0. The highest BCUT2D eigenvalue weighted by atomic mass is 35.5. The Labute approximate surface area is 101 Å². The van der Waals surface area contributed by atoms with Crippen molar-refractivity contribution in [3.63, 3.8) is 0 Å². The van der Waals surface area contributed by atoms with Crippen molar-refractivity contribution in [2.45, 2.75) is 0 Å². The molecule has 0 saturated carbocycles. The molecule has 0 spiro atoms. The van der Waals surface area contributed by atoms with Crippen LogP contribution in [0.15, 0.2) is 41.5 Å². The topological polar surface area (TPSA) is 78.0 Å². The maximum Gasteiger partial charge on any atom is 0.270 e. The van der Waals surface area contributed by atoms with Gasteiger partial charge in [-0.2, -0.15) is 0 Å². The normalized spacial score (nSPS) is 10.2. The zero-order valence-corrected chi connectivity index (χ0v) is 9.39. The van der Waals surface area contributed by atoms with Crippen molar-refractivity contribution < 1.29 is 4.79 Å². The van der Waals surface area contributed by atoms with Gasteiger partial charge in [-0.25, -0.2) is 4.98 Å². The molecule has 17 heavy (non-hydrogen) atoms. The third-order valence-electron chi connectivity index (χ3n) is 2.18. The van der Waals surface area contributed by atoms with Crippen LogP contribution in [0, 0.1) is 0 Å². The first-order valence-corrected chi connectivity index (χ1v) is 5.11. The second-order valence-corrected chi connectivity index (χ2v) is 3.67. The van der Waals surface area contributed by atoms with Crippen molar-refractivity contribution in [1.29, 1.82) is 0 Å². The van der Waals surface area contributed by atoms with E-state index in [1.54, 1.807) is 24.4 Å². The van der Waals surface area contributed by atoms with Crippen LogP contribution in [0.5, 0.6) is 0 Å². The van der Waals surface area contributed by atoms with Gasteiger partial charge in [0.1, 0.15) is 11.4 Å². The summed E-state index contributed by atoms with van der Waals surface area (Å²) in [5, 5.41) is 0.0367. The third kappa shape index (κ3) is 2.05. The predicted octanol–water partition coefficient (Wildman–Crippen LogP) is 0.985. The molecule has 2 rings (SSSR count). The molecule has 2 heterocycles. The fourth-order valence-electron chi connectivity index (χ4n) is 1.41. The number of rotatable bonds is 2. The molecule has 0 unspecified atom stereocenters. The van der Waals surface area contributed by atoms with Gasteiger partial charge in [0, 0.05) is 12.4 Å². The minimum Gasteiger partial charge on any atom is -0.365 e. The van der Waals surface area contributed by atoms with Crippen LogP contribution in [0.4, 0.5) is 0 Å². The van der Waals surface area contributed by atoms with Crippen molar-refractivity contribution in [2.75, 3.05) is 0 Å². The molecule has 2 N–H and O–H groups in total. The van der Waals surface area contributed by atoms with Gasteiger partial charge in [-0.1, -0.05) is 17.7 Å². The van der Waals surface area contributed by atoms with Gasteiger partial charge < -0.3 is 5.73 Å². The van der Waals surface area contributed by atoms with Crippen LogP contribution in [-0.2, 0) is 0 Å². The van der Waals surface area contributed by atoms with Crippen LogP contribution in [0.1, 0.15) is 10.4 Å². The molecule has 0 atom stereocenters. The highest BCUT2D eigenvalue weighted by molar-refractivity contribution is 6.33. The average molecular weight is 250 g/mol. The minimum atomic E-state index is -0.856. The Morgan fingerprint density at radius 3 is 2.71 bits per heavy atom. The van der Waals surface area contributed by atoms with E-state index in [1.807, 2.05) is 0 Å². The first kappa shape index (κ1) is 11.3. The Morgan fingerprint density at radius 2 is 2.12 bits per heavy atom. The Hall–Kier alpha value is -2.14. The summed E-state index contributed by atoms with van der Waals surface area (Å²) in [6.07, 6.45) is 2.99. The predicted molar refractivity (Wildman–Crippen MR) is 63.4 cm³/mol. The van der Waals surface area contributed by atoms with E-state index in [2.05, 4.69) is 4.98 Å². The summed E-state index contributed by atoms with van der Waals surface area (Å²) in [4.78, 5) is 27.1. The van der Waals surface area contributed by atoms with E-state index in [0.29, 0.717) is 5.82 Å². The van der Waals surface area contributed by atoms with Gasteiger partial charge in [-0.15, -0.1) is 0 Å². The molecule has 1 amide bonds. The summed E-state index contributed by atoms with van der Waals surface area (Å²) in [5.74, 6) is -0.457. The fourth-order valence-corrected chi connectivity index (χ4v) is 1.64. The maximum atomic E-state index is 12.0. The first-order chi connectivity index (χ1) is 8.11. The molecule has 6 heteroatoms. The number of halogens is 1. The standard InChI is InChI=1S/C11H8ClN3O2/c12-7-4-6-15(8-3-1-2-5-14-8)11(17)9(7)10(13)16/h1-6H,(H2,13,16). The van der Waals surface area contributed by atoms with Gasteiger partial charge in [-0.3, -0.25) is 14.2 Å². The second kappa shape index (κ2) is 4.39. The number of aromatic nitrogens is 2. The fraction of sp³-hybridized carbons (Fsp3) is 0. The van der Waals surface area contributed by atoms with Crippen molar-refractivity contribution in [2.24, 2.45) is 5.73 Å². The number of carbonyl (C=O) groups excluding carboxylic acids is 1. The molecule has 0 fully saturated rings. The first-order valence-electron chi connectivity index (χ1n) is 4.73. The van der Waals surface area contributed by atoms with E-state index in [9.17, 15) is 9.59 Å². The van der Waals surface area contributed by atoms with Crippen molar-refractivity contribution >= 4 is 17.5 Å². The SMILES string of the molecule is NC(=O)c1c(Cl)ccn(-c2ccccn2)c1=O. The highest BCUT2D eigenvalue weighted by Crippen LogP contribution is 2.11. The van der Waals surface area contributed by atoms with Crippen LogP contribution in [0.25, 0.3) is 5.82 Å². The Bertz CT molecular complexity index is 622. The molecule has 0 aliphatic rings. The zero-order chi connectivity index (χ0) is 12.4. The van der Waals surface area contributed by atoms with Crippen LogP contribution in [-0.4, -0.2) is 15.5 Å². The quantitative estimate of drug-likeness (QED) is 0.862. The molecule has 2 aromatic heterocycles. The van der Waals surface area contributed by atoms with Gasteiger partial charge in [0.05, 0.1) is 5.02 Å². The summed E-state index contributed by atoms with van der Waals surface area (Å²) in [6, 6.07) is 6.52. The minimum absolute atomic E-state index is 0.0367. The van der Waals surface area contributed by atoms with E-state index in [0.717, 1.165) is 0 Å². The molecule has 0 aliphatic heterocycles. The lowest BCUT2D eigenvalue weighted by Crippen LogP contribution is -2.29. The van der Waals surface area contributed by atoms with Crippen LogP contribution in [0.2, 0.25) is 5.02 Å². The van der Waals surface area contributed by atoms with Crippen molar-refractivity contribution in [3.05, 3.63) is 57.6 Å². The Kier molecular flexibility index (Phi) is 2.93. The molecular formula is C11H8ClN3O2. The van der Waals surface area contributed by atoms with E-state index in [1.165, 1.54) is 16.8 Å². The second-order valence-electron chi connectivity index (χ2n) is 3.27. The van der Waals surface area contributed by atoms with Gasteiger partial charge >= 0.3 is 0 Å². The van der Waals surface area contributed by atoms with Crippen molar-refractivity contribution in [3.8, 4) is 5.82 Å². The van der Waals surface area contributed by atoms with Crippen LogP contribution >= 0.6 is 11.6 Å². The molecule has 86 valence electrons. The van der Waals surface area contributed by atoms with Crippen molar-refractivity contribution in [1.82, 2.24) is 9.55 Å². The number of nitrogens with two attached hydrogens (primary N) is 1. The number of primary amides is 1. The Morgan fingerprint density at radius 1 is 1.35 bits per heavy atom. The molecular weight excluding hydrogens is 242 g/mol. The zero-order valence-electron chi connectivity index (χ0n) is 8.63. The van der Waals surface area contributed by atoms with Crippen LogP contribution < -0.4 is 11.3 Å². The lowest BCUT2D eigenvalue weighted by atomic mass is 10.2. The molecule has 0 aromatic carbocycles. The van der Waals surface area contributed by atoms with E-state index in [4.69, 9.17) is 17.3 Å². The number of pyridine rings is 2. The average Bonchev–Trinajstić information content (AvgIpc) is 2.30. The largest absolute Gasteiger partial charge is 0.365 e. The lowest BCUT2D eigenvalue weighted by molar-refractivity contribution is 0.0998. The van der Waals surface area contributed by atoms with Gasteiger partial charge in [0.15, 0.2) is 0 Å². The lowest BCUT2D eigenvalue weighted by Gasteiger charge is -2.06. The van der Waals surface area contributed by atoms with E-state index >= 15 is 0 Å². The summed E-state index contributed by atoms with van der Waals surface area (Å²) < 4.78 is 1.21. The summed E-state index contributed by atoms with van der Waals surface area (Å²) in [5.41, 5.74) is 4.29. The van der Waals surface area contributed by atoms with Crippen LogP contribution in [0.3, 0.4) is 0 Å². The summed E-state index contributed by atoms with van der Waals surface area (Å²) in [7, 11) is 0. The van der Waals surface area contributed by atoms with Gasteiger partial charge in [0.2, 0.25) is 0 Å². The third-order valence-corrected chi connectivity index (χ3v) is 2.50. The van der Waals surface area contributed by atoms with E-state index in [-0.39, 0.29) is 10.6 Å².